The van der Waals surface area contributed by atoms with Crippen LogP contribution in [0.5, 0.6) is 0 Å². The van der Waals surface area contributed by atoms with E-state index in [0.717, 1.165) is 4.90 Å². The number of halogens is 2. The number of carbonyl (C=O) groups is 2. The van der Waals surface area contributed by atoms with Gasteiger partial charge in [-0.25, -0.2) is 18.4 Å². The lowest BCUT2D eigenvalue weighted by molar-refractivity contribution is -0.0287. The van der Waals surface area contributed by atoms with E-state index >= 15 is 0 Å². The van der Waals surface area contributed by atoms with Crippen molar-refractivity contribution in [3.8, 4) is 0 Å². The second-order valence-corrected chi connectivity index (χ2v) is 6.90. The molecule has 0 saturated carbocycles. The highest BCUT2D eigenvalue weighted by atomic mass is 19.1. The molecule has 0 saturated heterocycles. The van der Waals surface area contributed by atoms with Gasteiger partial charge >= 0.3 is 12.2 Å². The Kier molecular flexibility index (Phi) is 6.72. The van der Waals surface area contributed by atoms with Crippen LogP contribution in [0.15, 0.2) is 30.3 Å². The summed E-state index contributed by atoms with van der Waals surface area (Å²) in [5.41, 5.74) is -2.59. The van der Waals surface area contributed by atoms with Gasteiger partial charge in [0.1, 0.15) is 18.9 Å². The Morgan fingerprint density at radius 1 is 1.00 bits per heavy atom. The molecule has 0 aliphatic rings. The van der Waals surface area contributed by atoms with Crippen molar-refractivity contribution in [2.75, 3.05) is 19.9 Å². The lowest BCUT2D eigenvalue weighted by Gasteiger charge is -2.47. The first kappa shape index (κ1) is 20.7. The normalized spacial score (nSPS) is 11.9. The van der Waals surface area contributed by atoms with Crippen LogP contribution in [0.25, 0.3) is 0 Å². The lowest BCUT2D eigenvalue weighted by Crippen LogP contribution is -2.66. The third-order valence-electron chi connectivity index (χ3n) is 3.81. The van der Waals surface area contributed by atoms with E-state index in [9.17, 15) is 28.6 Å². The van der Waals surface area contributed by atoms with Gasteiger partial charge in [-0.3, -0.25) is 4.90 Å². The maximum absolute atomic E-state index is 13.9. The molecule has 1 aromatic rings. The number of carboxylic acid groups (broad SMARTS) is 2. The maximum atomic E-state index is 13.9. The highest BCUT2D eigenvalue weighted by molar-refractivity contribution is 5.68. The first-order valence-corrected chi connectivity index (χ1v) is 7.74. The lowest BCUT2D eigenvalue weighted by atomic mass is 9.92. The van der Waals surface area contributed by atoms with Crippen LogP contribution in [0.2, 0.25) is 0 Å². The molecule has 140 valence electrons. The molecule has 0 radical (unpaired) electrons. The number of amides is 2. The summed E-state index contributed by atoms with van der Waals surface area (Å²) in [6.45, 7) is 1.11. The predicted octanol–water partition coefficient (Wildman–Crippen LogP) is 3.62. The quantitative estimate of drug-likeness (QED) is 0.780. The SMILES string of the molecule is CC(C)(C)N(C(=O)O)C(CF)(CF)CN(Cc1ccccc1)C(=O)O. The van der Waals surface area contributed by atoms with E-state index < -0.39 is 43.2 Å². The van der Waals surface area contributed by atoms with Crippen molar-refractivity contribution in [3.05, 3.63) is 35.9 Å². The number of hydrogen-bond acceptors (Lipinski definition) is 2. The Bertz CT molecular complexity index is 586. The number of benzene rings is 1. The summed E-state index contributed by atoms with van der Waals surface area (Å²) in [5, 5.41) is 18.9. The van der Waals surface area contributed by atoms with Crippen LogP contribution in [-0.4, -0.2) is 63.2 Å². The summed E-state index contributed by atoms with van der Waals surface area (Å²) >= 11 is 0. The predicted molar refractivity (Wildman–Crippen MR) is 89.2 cm³/mol. The fourth-order valence-electron chi connectivity index (χ4n) is 2.86. The monoisotopic (exact) mass is 358 g/mol. The molecular weight excluding hydrogens is 334 g/mol. The number of rotatable bonds is 7. The molecule has 0 aromatic heterocycles. The number of nitrogens with zero attached hydrogens (tertiary/aromatic N) is 2. The molecule has 0 unspecified atom stereocenters. The first-order chi connectivity index (χ1) is 11.6. The Labute approximate surface area is 145 Å². The molecule has 0 spiro atoms. The van der Waals surface area contributed by atoms with Crippen molar-refractivity contribution in [1.29, 1.82) is 0 Å². The van der Waals surface area contributed by atoms with Crippen molar-refractivity contribution in [3.63, 3.8) is 0 Å². The highest BCUT2D eigenvalue weighted by Gasteiger charge is 2.48. The topological polar surface area (TPSA) is 81.1 Å². The zero-order chi connectivity index (χ0) is 19.3. The van der Waals surface area contributed by atoms with Crippen LogP contribution in [0.4, 0.5) is 18.4 Å². The average molecular weight is 358 g/mol. The summed E-state index contributed by atoms with van der Waals surface area (Å²) in [4.78, 5) is 24.7. The van der Waals surface area contributed by atoms with Crippen molar-refractivity contribution in [1.82, 2.24) is 9.80 Å². The Hall–Kier alpha value is -2.38. The average Bonchev–Trinajstić information content (AvgIpc) is 2.52. The standard InChI is InChI=1S/C17H24F2N2O4/c1-16(2,3)21(15(24)25)17(10-18,11-19)12-20(14(22)23)9-13-7-5-4-6-8-13/h4-8H,9-12H2,1-3H3,(H,22,23)(H,24,25). The second kappa shape index (κ2) is 8.13. The fraction of sp³-hybridized carbons (Fsp3) is 0.529. The Morgan fingerprint density at radius 2 is 1.52 bits per heavy atom. The summed E-state index contributed by atoms with van der Waals surface area (Å²) in [5.74, 6) is 0. The van der Waals surface area contributed by atoms with Gasteiger partial charge < -0.3 is 15.1 Å². The van der Waals surface area contributed by atoms with Crippen LogP contribution in [-0.2, 0) is 6.54 Å². The van der Waals surface area contributed by atoms with Gasteiger partial charge in [0, 0.05) is 12.1 Å². The zero-order valence-electron chi connectivity index (χ0n) is 14.6. The zero-order valence-corrected chi connectivity index (χ0v) is 14.6. The van der Waals surface area contributed by atoms with E-state index in [1.54, 1.807) is 30.3 Å². The van der Waals surface area contributed by atoms with Gasteiger partial charge in [-0.15, -0.1) is 0 Å². The van der Waals surface area contributed by atoms with Crippen LogP contribution in [0.3, 0.4) is 0 Å². The number of hydrogen-bond donors (Lipinski definition) is 2. The molecule has 6 nitrogen and oxygen atoms in total. The van der Waals surface area contributed by atoms with E-state index in [4.69, 9.17) is 0 Å². The molecule has 0 fully saturated rings. The van der Waals surface area contributed by atoms with Gasteiger partial charge in [0.05, 0.1) is 6.54 Å². The van der Waals surface area contributed by atoms with E-state index in [0.29, 0.717) is 10.5 Å². The van der Waals surface area contributed by atoms with E-state index in [1.807, 2.05) is 0 Å². The highest BCUT2D eigenvalue weighted by Crippen LogP contribution is 2.29. The Morgan fingerprint density at radius 3 is 1.88 bits per heavy atom. The third-order valence-corrected chi connectivity index (χ3v) is 3.81. The molecule has 0 aliphatic heterocycles. The van der Waals surface area contributed by atoms with Gasteiger partial charge in [-0.05, 0) is 26.3 Å². The summed E-state index contributed by atoms with van der Waals surface area (Å²) in [6, 6.07) is 8.55. The van der Waals surface area contributed by atoms with Gasteiger partial charge in [-0.1, -0.05) is 30.3 Å². The van der Waals surface area contributed by atoms with Gasteiger partial charge in [-0.2, -0.15) is 0 Å². The minimum Gasteiger partial charge on any atom is -0.465 e. The summed E-state index contributed by atoms with van der Waals surface area (Å²) in [6.07, 6.45) is -2.89. The molecule has 2 amide bonds. The smallest absolute Gasteiger partial charge is 0.408 e. The van der Waals surface area contributed by atoms with Gasteiger partial charge in [0.2, 0.25) is 0 Å². The molecule has 1 rings (SSSR count). The molecule has 0 aliphatic carbocycles. The van der Waals surface area contributed by atoms with Gasteiger partial charge in [0.15, 0.2) is 0 Å². The molecular formula is C17H24F2N2O4. The first-order valence-electron chi connectivity index (χ1n) is 7.74. The molecule has 2 N–H and O–H groups in total. The minimum atomic E-state index is -2.11. The molecule has 0 heterocycles. The van der Waals surface area contributed by atoms with E-state index in [-0.39, 0.29) is 6.54 Å². The van der Waals surface area contributed by atoms with Crippen LogP contribution in [0, 0.1) is 0 Å². The second-order valence-electron chi connectivity index (χ2n) is 6.90. The van der Waals surface area contributed by atoms with Crippen molar-refractivity contribution < 1.29 is 28.6 Å². The number of alkyl halides is 2. The largest absolute Gasteiger partial charge is 0.465 e. The van der Waals surface area contributed by atoms with Crippen molar-refractivity contribution in [2.24, 2.45) is 0 Å². The van der Waals surface area contributed by atoms with Crippen LogP contribution >= 0.6 is 0 Å². The maximum Gasteiger partial charge on any atom is 0.408 e. The molecule has 0 bridgehead atoms. The summed E-state index contributed by atoms with van der Waals surface area (Å²) in [7, 11) is 0. The molecule has 8 heteroatoms. The molecule has 0 atom stereocenters. The third kappa shape index (κ3) is 5.04. The van der Waals surface area contributed by atoms with Crippen molar-refractivity contribution in [2.45, 2.75) is 38.4 Å². The minimum absolute atomic E-state index is 0.102. The molecule has 1 aromatic carbocycles. The van der Waals surface area contributed by atoms with E-state index in [1.165, 1.54) is 20.8 Å². The molecule has 25 heavy (non-hydrogen) atoms. The van der Waals surface area contributed by atoms with E-state index in [2.05, 4.69) is 0 Å². The van der Waals surface area contributed by atoms with Crippen molar-refractivity contribution >= 4 is 12.2 Å². The Balaban J connectivity index is 3.22. The summed E-state index contributed by atoms with van der Waals surface area (Å²) < 4.78 is 27.7. The van der Waals surface area contributed by atoms with Crippen LogP contribution < -0.4 is 0 Å². The van der Waals surface area contributed by atoms with Crippen LogP contribution in [0.1, 0.15) is 26.3 Å². The fourth-order valence-corrected chi connectivity index (χ4v) is 2.86. The van der Waals surface area contributed by atoms with Gasteiger partial charge in [0.25, 0.3) is 0 Å².